The fraction of sp³-hybridized carbons (Fsp3) is 0.423. The van der Waals surface area contributed by atoms with Crippen molar-refractivity contribution in [3.63, 3.8) is 0 Å². The second-order valence-electron chi connectivity index (χ2n) is 9.53. The zero-order chi connectivity index (χ0) is 26.3. The molecular formula is C26H30N8O3. The van der Waals surface area contributed by atoms with E-state index in [2.05, 4.69) is 21.7 Å². The van der Waals surface area contributed by atoms with Gasteiger partial charge >= 0.3 is 5.69 Å². The number of aromatic nitrogens is 4. The van der Waals surface area contributed by atoms with E-state index in [1.807, 2.05) is 0 Å². The number of anilines is 1. The van der Waals surface area contributed by atoms with Gasteiger partial charge in [-0.15, -0.1) is 5.92 Å². The minimum absolute atomic E-state index is 0.00979. The standard InChI is InChI=1S/C26H30N8O3/c1-4-5-13-33-21-22(29-25(33)32-12-8-9-17(27)14-32)31(3)26(37)34(24(21)36)16-18-15-30(2)23(35)19-10-6-7-11-20(19)28-18/h6-7,10-11,17H,8-9,12-16,27H2,1-3H3. The second-order valence-corrected chi connectivity index (χ2v) is 9.53. The molecule has 0 aliphatic carbocycles. The van der Waals surface area contributed by atoms with Gasteiger partial charge in [0.15, 0.2) is 11.2 Å². The summed E-state index contributed by atoms with van der Waals surface area (Å²) in [4.78, 5) is 53.1. The van der Waals surface area contributed by atoms with Crippen molar-refractivity contribution >= 4 is 34.4 Å². The van der Waals surface area contributed by atoms with E-state index in [-0.39, 0.29) is 31.6 Å². The number of piperidine rings is 1. The number of nitrogens with zero attached hydrogens (tertiary/aromatic N) is 7. The number of rotatable bonds is 4. The van der Waals surface area contributed by atoms with Gasteiger partial charge in [0.25, 0.3) is 11.5 Å². The number of hydrogen-bond acceptors (Lipinski definition) is 7. The van der Waals surface area contributed by atoms with Gasteiger partial charge in [0.1, 0.15) is 0 Å². The van der Waals surface area contributed by atoms with E-state index in [9.17, 15) is 14.4 Å². The van der Waals surface area contributed by atoms with Crippen LogP contribution in [0.2, 0.25) is 0 Å². The van der Waals surface area contributed by atoms with Gasteiger partial charge in [0, 0.05) is 33.2 Å². The molecule has 2 aliphatic rings. The summed E-state index contributed by atoms with van der Waals surface area (Å²) in [7, 11) is 3.28. The van der Waals surface area contributed by atoms with Gasteiger partial charge in [-0.05, 0) is 31.9 Å². The van der Waals surface area contributed by atoms with E-state index >= 15 is 0 Å². The molecule has 1 saturated heterocycles. The second kappa shape index (κ2) is 9.71. The molecule has 0 saturated carbocycles. The van der Waals surface area contributed by atoms with Crippen LogP contribution in [0, 0.1) is 11.8 Å². The van der Waals surface area contributed by atoms with Crippen LogP contribution in [-0.2, 0) is 20.1 Å². The quantitative estimate of drug-likeness (QED) is 0.524. The molecule has 4 heterocycles. The van der Waals surface area contributed by atoms with Crippen molar-refractivity contribution in [3.8, 4) is 11.8 Å². The average Bonchev–Trinajstić information content (AvgIpc) is 3.22. The molecule has 3 aromatic rings. The first kappa shape index (κ1) is 24.5. The zero-order valence-electron chi connectivity index (χ0n) is 21.3. The number of nitrogens with two attached hydrogens (primary N) is 1. The minimum atomic E-state index is -0.500. The highest BCUT2D eigenvalue weighted by Gasteiger charge is 2.27. The summed E-state index contributed by atoms with van der Waals surface area (Å²) in [6.07, 6.45) is 1.85. The molecule has 1 aromatic carbocycles. The summed E-state index contributed by atoms with van der Waals surface area (Å²) in [5.74, 6) is 6.35. The molecule has 11 heteroatoms. The maximum absolute atomic E-state index is 13.9. The molecule has 0 radical (unpaired) electrons. The number of benzene rings is 1. The van der Waals surface area contributed by atoms with Gasteiger partial charge in [-0.3, -0.25) is 28.3 Å². The van der Waals surface area contributed by atoms with Gasteiger partial charge < -0.3 is 15.5 Å². The average molecular weight is 503 g/mol. The fourth-order valence-corrected chi connectivity index (χ4v) is 5.02. The molecule has 1 amide bonds. The van der Waals surface area contributed by atoms with Gasteiger partial charge in [-0.25, -0.2) is 4.79 Å². The number of amides is 1. The Balaban J connectivity index is 1.66. The number of aryl methyl sites for hydroxylation is 1. The van der Waals surface area contributed by atoms with Gasteiger partial charge in [-0.2, -0.15) is 4.98 Å². The normalized spacial score (nSPS) is 17.8. The maximum atomic E-state index is 13.9. The highest BCUT2D eigenvalue weighted by atomic mass is 16.2. The molecule has 0 bridgehead atoms. The topological polar surface area (TPSA) is 124 Å². The Morgan fingerprint density at radius 2 is 1.92 bits per heavy atom. The lowest BCUT2D eigenvalue weighted by atomic mass is 10.1. The molecule has 192 valence electrons. The monoisotopic (exact) mass is 502 g/mol. The molecule has 5 rings (SSSR count). The molecule has 1 atom stereocenters. The first-order chi connectivity index (χ1) is 17.8. The lowest BCUT2D eigenvalue weighted by molar-refractivity contribution is 0.0817. The summed E-state index contributed by atoms with van der Waals surface area (Å²) in [6.45, 7) is 3.51. The van der Waals surface area contributed by atoms with Crippen molar-refractivity contribution in [2.24, 2.45) is 17.8 Å². The first-order valence-corrected chi connectivity index (χ1v) is 12.3. The Labute approximate surface area is 213 Å². The highest BCUT2D eigenvalue weighted by molar-refractivity contribution is 6.04. The van der Waals surface area contributed by atoms with Crippen molar-refractivity contribution in [3.05, 3.63) is 50.7 Å². The van der Waals surface area contributed by atoms with Crippen LogP contribution in [0.25, 0.3) is 11.2 Å². The van der Waals surface area contributed by atoms with E-state index in [1.165, 1.54) is 9.47 Å². The van der Waals surface area contributed by atoms with E-state index in [4.69, 9.17) is 10.7 Å². The largest absolute Gasteiger partial charge is 0.341 e. The van der Waals surface area contributed by atoms with Crippen LogP contribution in [0.15, 0.2) is 38.8 Å². The summed E-state index contributed by atoms with van der Waals surface area (Å²) >= 11 is 0. The molecule has 2 aliphatic heterocycles. The van der Waals surface area contributed by atoms with E-state index < -0.39 is 11.2 Å². The number of aliphatic imine (C=N–C) groups is 1. The number of carbonyl (C=O) groups excluding carboxylic acids is 1. The fourth-order valence-electron chi connectivity index (χ4n) is 5.02. The lowest BCUT2D eigenvalue weighted by Gasteiger charge is -2.31. The number of para-hydroxylation sites is 1. The van der Waals surface area contributed by atoms with Crippen LogP contribution in [0.5, 0.6) is 0 Å². The van der Waals surface area contributed by atoms with Crippen LogP contribution in [0.4, 0.5) is 11.6 Å². The molecule has 0 spiro atoms. The summed E-state index contributed by atoms with van der Waals surface area (Å²) in [5, 5.41) is 0. The van der Waals surface area contributed by atoms with Crippen LogP contribution in [0.1, 0.15) is 30.1 Å². The third-order valence-corrected chi connectivity index (χ3v) is 6.89. The van der Waals surface area contributed by atoms with Crippen molar-refractivity contribution in [2.75, 3.05) is 31.6 Å². The van der Waals surface area contributed by atoms with E-state index in [0.29, 0.717) is 40.6 Å². The maximum Gasteiger partial charge on any atom is 0.332 e. The number of fused-ring (bicyclic) bond motifs is 2. The van der Waals surface area contributed by atoms with Gasteiger partial charge in [0.05, 0.1) is 36.6 Å². The molecule has 2 aromatic heterocycles. The Morgan fingerprint density at radius 1 is 1.14 bits per heavy atom. The minimum Gasteiger partial charge on any atom is -0.341 e. The van der Waals surface area contributed by atoms with Crippen molar-refractivity contribution in [1.82, 2.24) is 23.6 Å². The molecule has 1 fully saturated rings. The predicted molar refractivity (Wildman–Crippen MR) is 143 cm³/mol. The third kappa shape index (κ3) is 4.34. The van der Waals surface area contributed by atoms with Crippen molar-refractivity contribution in [1.29, 1.82) is 0 Å². The van der Waals surface area contributed by atoms with E-state index in [0.717, 1.165) is 24.0 Å². The molecule has 11 nitrogen and oxygen atoms in total. The Morgan fingerprint density at radius 3 is 2.68 bits per heavy atom. The first-order valence-electron chi connectivity index (χ1n) is 12.3. The Hall–Kier alpha value is -4.17. The molecular weight excluding hydrogens is 472 g/mol. The van der Waals surface area contributed by atoms with Crippen molar-refractivity contribution < 1.29 is 4.79 Å². The van der Waals surface area contributed by atoms with Crippen LogP contribution in [-0.4, -0.2) is 67.9 Å². The summed E-state index contributed by atoms with van der Waals surface area (Å²) in [6, 6.07) is 7.07. The lowest BCUT2D eigenvalue weighted by Crippen LogP contribution is -2.44. The smallest absolute Gasteiger partial charge is 0.332 e. The highest BCUT2D eigenvalue weighted by Crippen LogP contribution is 2.24. The third-order valence-electron chi connectivity index (χ3n) is 6.89. The number of hydrogen-bond donors (Lipinski definition) is 1. The van der Waals surface area contributed by atoms with Gasteiger partial charge in [0.2, 0.25) is 5.95 Å². The van der Waals surface area contributed by atoms with E-state index in [1.54, 1.807) is 49.9 Å². The number of carbonyl (C=O) groups is 1. The van der Waals surface area contributed by atoms with Crippen LogP contribution >= 0.6 is 0 Å². The Kier molecular flexibility index (Phi) is 6.43. The zero-order valence-corrected chi connectivity index (χ0v) is 21.3. The molecule has 1 unspecified atom stereocenters. The summed E-state index contributed by atoms with van der Waals surface area (Å²) < 4.78 is 4.33. The Bertz CT molecular complexity index is 1600. The summed E-state index contributed by atoms with van der Waals surface area (Å²) in [5.41, 5.74) is 7.39. The molecule has 37 heavy (non-hydrogen) atoms. The van der Waals surface area contributed by atoms with Crippen LogP contribution in [0.3, 0.4) is 0 Å². The van der Waals surface area contributed by atoms with Gasteiger partial charge in [-0.1, -0.05) is 18.1 Å². The van der Waals surface area contributed by atoms with Crippen LogP contribution < -0.4 is 21.9 Å². The number of imidazole rings is 1. The molecule has 2 N–H and O–H groups in total. The van der Waals surface area contributed by atoms with Crippen molar-refractivity contribution in [2.45, 2.75) is 38.9 Å². The predicted octanol–water partition coefficient (Wildman–Crippen LogP) is 0.706. The SMILES string of the molecule is CC#CCn1c(N2CCCC(N)C2)nc2c1c(=O)n(CC1=Nc3ccccc3C(=O)N(C)C1)c(=O)n2C.